The number of nitro groups is 1. The summed E-state index contributed by atoms with van der Waals surface area (Å²) in [6.07, 6.45) is 6.00. The predicted octanol–water partition coefficient (Wildman–Crippen LogP) is 2.03. The van der Waals surface area contributed by atoms with Crippen molar-refractivity contribution in [3.63, 3.8) is 0 Å². The second-order valence-corrected chi connectivity index (χ2v) is 4.28. The largest absolute Gasteiger partial charge is 0.307 e. The van der Waals surface area contributed by atoms with Gasteiger partial charge in [-0.05, 0) is 5.56 Å². The quantitative estimate of drug-likeness (QED) is 0.536. The maximum atomic E-state index is 10.6. The van der Waals surface area contributed by atoms with Gasteiger partial charge in [-0.1, -0.05) is 30.3 Å². The Balaban J connectivity index is 1.81. The van der Waals surface area contributed by atoms with E-state index in [0.29, 0.717) is 12.2 Å². The Morgan fingerprint density at radius 3 is 2.60 bits per heavy atom. The summed E-state index contributed by atoms with van der Waals surface area (Å²) in [7, 11) is 0. The van der Waals surface area contributed by atoms with Crippen molar-refractivity contribution >= 4 is 5.69 Å². The first-order valence-corrected chi connectivity index (χ1v) is 5.98. The molecule has 0 aliphatic rings. The smallest absolute Gasteiger partial charge is 0.266 e. The van der Waals surface area contributed by atoms with Gasteiger partial charge in [0.05, 0.1) is 23.9 Å². The lowest BCUT2D eigenvalue weighted by Gasteiger charge is -2.00. The van der Waals surface area contributed by atoms with Crippen molar-refractivity contribution in [3.8, 4) is 5.69 Å². The van der Waals surface area contributed by atoms with E-state index >= 15 is 0 Å². The van der Waals surface area contributed by atoms with E-state index in [1.54, 1.807) is 17.1 Å². The molecule has 7 heteroatoms. The molecule has 100 valence electrons. The number of aromatic nitrogens is 4. The van der Waals surface area contributed by atoms with Gasteiger partial charge in [-0.2, -0.15) is 10.2 Å². The summed E-state index contributed by atoms with van der Waals surface area (Å²) < 4.78 is 3.20. The Morgan fingerprint density at radius 2 is 1.90 bits per heavy atom. The summed E-state index contributed by atoms with van der Waals surface area (Å²) in [6, 6.07) is 9.92. The first kappa shape index (κ1) is 12.1. The molecule has 7 nitrogen and oxygen atoms in total. The molecular weight excluding hydrogens is 258 g/mol. The molecule has 0 amide bonds. The van der Waals surface area contributed by atoms with Crippen LogP contribution in [0.5, 0.6) is 0 Å². The highest BCUT2D eigenvalue weighted by molar-refractivity contribution is 5.31. The van der Waals surface area contributed by atoms with Crippen molar-refractivity contribution in [3.05, 3.63) is 70.8 Å². The summed E-state index contributed by atoms with van der Waals surface area (Å²) in [6.45, 7) is 0.643. The molecule has 0 spiro atoms. The average molecular weight is 269 g/mol. The van der Waals surface area contributed by atoms with Crippen LogP contribution < -0.4 is 0 Å². The van der Waals surface area contributed by atoms with Gasteiger partial charge in [-0.25, -0.2) is 4.68 Å². The summed E-state index contributed by atoms with van der Waals surface area (Å²) >= 11 is 0. The molecule has 0 aliphatic carbocycles. The van der Waals surface area contributed by atoms with Crippen LogP contribution in [-0.4, -0.2) is 24.5 Å². The first-order chi connectivity index (χ1) is 9.72. The van der Waals surface area contributed by atoms with Gasteiger partial charge >= 0.3 is 5.69 Å². The van der Waals surface area contributed by atoms with Crippen LogP contribution in [0.2, 0.25) is 0 Å². The maximum Gasteiger partial charge on any atom is 0.307 e. The molecule has 1 aromatic carbocycles. The third-order valence-electron chi connectivity index (χ3n) is 2.85. The molecule has 0 radical (unpaired) electrons. The van der Waals surface area contributed by atoms with Crippen molar-refractivity contribution in [1.29, 1.82) is 0 Å². The molecular formula is C13H11N5O2. The van der Waals surface area contributed by atoms with E-state index in [4.69, 9.17) is 0 Å². The maximum absolute atomic E-state index is 10.6. The molecule has 0 fully saturated rings. The highest BCUT2D eigenvalue weighted by atomic mass is 16.6. The Labute approximate surface area is 114 Å². The van der Waals surface area contributed by atoms with Crippen molar-refractivity contribution in [2.24, 2.45) is 0 Å². The molecule has 2 aromatic heterocycles. The van der Waals surface area contributed by atoms with Crippen molar-refractivity contribution in [2.45, 2.75) is 6.54 Å². The lowest BCUT2D eigenvalue weighted by molar-refractivity contribution is -0.384. The predicted molar refractivity (Wildman–Crippen MR) is 71.5 cm³/mol. The Hall–Kier alpha value is -2.96. The van der Waals surface area contributed by atoms with Crippen LogP contribution in [0.25, 0.3) is 5.69 Å². The first-order valence-electron chi connectivity index (χ1n) is 5.98. The van der Waals surface area contributed by atoms with Crippen molar-refractivity contribution < 1.29 is 4.92 Å². The van der Waals surface area contributed by atoms with E-state index < -0.39 is 4.92 Å². The minimum atomic E-state index is -0.474. The van der Waals surface area contributed by atoms with Crippen LogP contribution in [-0.2, 0) is 6.54 Å². The van der Waals surface area contributed by atoms with Gasteiger partial charge in [-0.3, -0.25) is 14.8 Å². The molecule has 0 bridgehead atoms. The zero-order valence-electron chi connectivity index (χ0n) is 10.5. The Morgan fingerprint density at radius 1 is 1.10 bits per heavy atom. The second kappa shape index (κ2) is 4.96. The minimum absolute atomic E-state index is 0.0409. The fourth-order valence-electron chi connectivity index (χ4n) is 1.88. The lowest BCUT2D eigenvalue weighted by Crippen LogP contribution is -1.99. The van der Waals surface area contributed by atoms with Crippen molar-refractivity contribution in [2.75, 3.05) is 0 Å². The van der Waals surface area contributed by atoms with Gasteiger partial charge in [0, 0.05) is 0 Å². The molecule has 3 aromatic rings. The highest BCUT2D eigenvalue weighted by Gasteiger charge is 2.11. The monoisotopic (exact) mass is 269 g/mol. The van der Waals surface area contributed by atoms with Crippen LogP contribution in [0.15, 0.2) is 55.1 Å². The number of hydrogen-bond acceptors (Lipinski definition) is 4. The van der Waals surface area contributed by atoms with Gasteiger partial charge in [0.25, 0.3) is 0 Å². The van der Waals surface area contributed by atoms with Crippen LogP contribution in [0.1, 0.15) is 5.56 Å². The molecule has 0 N–H and O–H groups in total. The van der Waals surface area contributed by atoms with Crippen LogP contribution in [0, 0.1) is 10.1 Å². The molecule has 0 saturated carbocycles. The van der Waals surface area contributed by atoms with Gasteiger partial charge < -0.3 is 0 Å². The molecule has 0 atom stereocenters. The summed E-state index contributed by atoms with van der Waals surface area (Å²) in [5.41, 5.74) is 1.78. The zero-order chi connectivity index (χ0) is 13.9. The fourth-order valence-corrected chi connectivity index (χ4v) is 1.88. The second-order valence-electron chi connectivity index (χ2n) is 4.28. The number of rotatable bonds is 4. The van der Waals surface area contributed by atoms with E-state index in [0.717, 1.165) is 5.56 Å². The SMILES string of the molecule is O=[N+]([O-])c1cnn(-c2cnn(Cc3ccccc3)c2)c1. The Bertz CT molecular complexity index is 732. The van der Waals surface area contributed by atoms with Gasteiger partial charge in [0.1, 0.15) is 18.1 Å². The van der Waals surface area contributed by atoms with Crippen LogP contribution in [0.3, 0.4) is 0 Å². The molecule has 0 unspecified atom stereocenters. The minimum Gasteiger partial charge on any atom is -0.266 e. The van der Waals surface area contributed by atoms with Crippen molar-refractivity contribution in [1.82, 2.24) is 19.6 Å². The lowest BCUT2D eigenvalue weighted by atomic mass is 10.2. The summed E-state index contributed by atoms with van der Waals surface area (Å²) in [5.74, 6) is 0. The van der Waals surface area contributed by atoms with E-state index in [2.05, 4.69) is 10.2 Å². The Kier molecular flexibility index (Phi) is 3.00. The summed E-state index contributed by atoms with van der Waals surface area (Å²) in [4.78, 5) is 10.1. The number of nitrogens with zero attached hydrogens (tertiary/aromatic N) is 5. The molecule has 2 heterocycles. The topological polar surface area (TPSA) is 78.8 Å². The third kappa shape index (κ3) is 2.41. The molecule has 0 aliphatic heterocycles. The normalized spacial score (nSPS) is 10.6. The number of hydrogen-bond donors (Lipinski definition) is 0. The number of benzene rings is 1. The molecule has 3 rings (SSSR count). The fraction of sp³-hybridized carbons (Fsp3) is 0.0769. The van der Waals surface area contributed by atoms with Gasteiger partial charge in [0.2, 0.25) is 0 Å². The standard InChI is InChI=1S/C13H11N5O2/c19-18(20)13-7-15-17(10-13)12-6-14-16(9-12)8-11-4-2-1-3-5-11/h1-7,9-10H,8H2. The average Bonchev–Trinajstić information content (AvgIpc) is 3.08. The molecule has 20 heavy (non-hydrogen) atoms. The van der Waals surface area contributed by atoms with E-state index in [1.807, 2.05) is 30.3 Å². The zero-order valence-corrected chi connectivity index (χ0v) is 10.5. The third-order valence-corrected chi connectivity index (χ3v) is 2.85. The van der Waals surface area contributed by atoms with E-state index in [-0.39, 0.29) is 5.69 Å². The van der Waals surface area contributed by atoms with Crippen LogP contribution >= 0.6 is 0 Å². The summed E-state index contributed by atoms with van der Waals surface area (Å²) in [5, 5.41) is 18.8. The van der Waals surface area contributed by atoms with Crippen LogP contribution in [0.4, 0.5) is 5.69 Å². The highest BCUT2D eigenvalue weighted by Crippen LogP contribution is 2.13. The van der Waals surface area contributed by atoms with Gasteiger partial charge in [-0.15, -0.1) is 0 Å². The van der Waals surface area contributed by atoms with Gasteiger partial charge in [0.15, 0.2) is 0 Å². The van der Waals surface area contributed by atoms with E-state index in [1.165, 1.54) is 17.1 Å². The van der Waals surface area contributed by atoms with E-state index in [9.17, 15) is 10.1 Å². The molecule has 0 saturated heterocycles.